The van der Waals surface area contributed by atoms with Gasteiger partial charge < -0.3 is 0 Å². The van der Waals surface area contributed by atoms with Gasteiger partial charge in [0.05, 0.1) is 20.4 Å². The van der Waals surface area contributed by atoms with Crippen molar-refractivity contribution in [3.8, 4) is 21.1 Å². The van der Waals surface area contributed by atoms with Crippen molar-refractivity contribution in [3.63, 3.8) is 0 Å². The molecule has 4 heteroatoms. The summed E-state index contributed by atoms with van der Waals surface area (Å²) in [5.41, 5.74) is 4.38. The van der Waals surface area contributed by atoms with Crippen molar-refractivity contribution >= 4 is 43.1 Å². The fourth-order valence-electron chi connectivity index (χ4n) is 2.76. The van der Waals surface area contributed by atoms with E-state index in [-0.39, 0.29) is 0 Å². The van der Waals surface area contributed by atoms with E-state index in [1.807, 2.05) is 36.4 Å². The Kier molecular flexibility index (Phi) is 3.18. The minimum Gasteiger partial charge on any atom is -0.236 e. The average molecular weight is 344 g/mol. The van der Waals surface area contributed by atoms with E-state index in [1.54, 1.807) is 22.7 Å². The van der Waals surface area contributed by atoms with E-state index < -0.39 is 0 Å². The van der Waals surface area contributed by atoms with Gasteiger partial charge >= 0.3 is 0 Å². The predicted octanol–water partition coefficient (Wildman–Crippen LogP) is 6.24. The molecular formula is C20H12N2S2. The summed E-state index contributed by atoms with van der Waals surface area (Å²) in [5, 5.41) is 2.12. The highest BCUT2D eigenvalue weighted by Gasteiger charge is 2.11. The van der Waals surface area contributed by atoms with Crippen LogP contribution in [0.15, 0.2) is 72.8 Å². The van der Waals surface area contributed by atoms with Crippen LogP contribution in [0.25, 0.3) is 41.6 Å². The molecule has 114 valence electrons. The number of fused-ring (bicyclic) bond motifs is 2. The van der Waals surface area contributed by atoms with Crippen LogP contribution in [0.1, 0.15) is 0 Å². The highest BCUT2D eigenvalue weighted by atomic mass is 32.1. The van der Waals surface area contributed by atoms with Crippen LogP contribution in [0.3, 0.4) is 0 Å². The van der Waals surface area contributed by atoms with Gasteiger partial charge in [-0.15, -0.1) is 22.7 Å². The van der Waals surface area contributed by atoms with Crippen molar-refractivity contribution in [1.82, 2.24) is 9.97 Å². The number of aromatic nitrogens is 2. The normalized spacial score (nSPS) is 11.3. The summed E-state index contributed by atoms with van der Waals surface area (Å²) >= 11 is 3.48. The third-order valence-electron chi connectivity index (χ3n) is 3.94. The molecule has 2 heterocycles. The Morgan fingerprint density at radius 1 is 0.542 bits per heavy atom. The summed E-state index contributed by atoms with van der Waals surface area (Å²) in [6, 6.07) is 25.0. The van der Waals surface area contributed by atoms with Crippen molar-refractivity contribution in [2.75, 3.05) is 0 Å². The number of benzene rings is 3. The maximum absolute atomic E-state index is 4.80. The van der Waals surface area contributed by atoms with Crippen LogP contribution in [-0.4, -0.2) is 9.97 Å². The predicted molar refractivity (Wildman–Crippen MR) is 104 cm³/mol. The lowest BCUT2D eigenvalue weighted by atomic mass is 10.2. The van der Waals surface area contributed by atoms with Crippen molar-refractivity contribution < 1.29 is 0 Å². The zero-order valence-corrected chi connectivity index (χ0v) is 14.3. The summed E-state index contributed by atoms with van der Waals surface area (Å²) in [4.78, 5) is 9.60. The molecule has 5 aromatic rings. The second-order valence-corrected chi connectivity index (χ2v) is 7.62. The third kappa shape index (κ3) is 2.31. The number of hydrogen-bond donors (Lipinski definition) is 0. The van der Waals surface area contributed by atoms with Crippen molar-refractivity contribution in [2.24, 2.45) is 0 Å². The Balaban J connectivity index is 1.65. The van der Waals surface area contributed by atoms with Crippen molar-refractivity contribution in [1.29, 1.82) is 0 Å². The second-order valence-electron chi connectivity index (χ2n) is 5.56. The molecule has 0 saturated heterocycles. The van der Waals surface area contributed by atoms with Gasteiger partial charge in [0.2, 0.25) is 0 Å². The lowest BCUT2D eigenvalue weighted by Gasteiger charge is -1.92. The van der Waals surface area contributed by atoms with Gasteiger partial charge in [-0.05, 0) is 12.1 Å². The summed E-state index contributed by atoms with van der Waals surface area (Å²) in [7, 11) is 0. The van der Waals surface area contributed by atoms with E-state index in [4.69, 9.17) is 9.97 Å². The molecule has 24 heavy (non-hydrogen) atoms. The minimum atomic E-state index is 1.02. The summed E-state index contributed by atoms with van der Waals surface area (Å²) in [6.45, 7) is 0. The largest absolute Gasteiger partial charge is 0.236 e. The average Bonchev–Trinajstić information content (AvgIpc) is 3.24. The van der Waals surface area contributed by atoms with Crippen LogP contribution in [-0.2, 0) is 0 Å². The molecule has 0 radical (unpaired) electrons. The summed E-state index contributed by atoms with van der Waals surface area (Å²) in [6.07, 6.45) is 0. The van der Waals surface area contributed by atoms with E-state index in [0.717, 1.165) is 21.0 Å². The van der Waals surface area contributed by atoms with Gasteiger partial charge in [0.25, 0.3) is 0 Å². The molecule has 2 aromatic heterocycles. The van der Waals surface area contributed by atoms with E-state index in [0.29, 0.717) is 0 Å². The molecule has 0 atom stereocenters. The first-order valence-corrected chi connectivity index (χ1v) is 9.32. The molecule has 2 nitrogen and oxygen atoms in total. The van der Waals surface area contributed by atoms with E-state index >= 15 is 0 Å². The van der Waals surface area contributed by atoms with Crippen LogP contribution in [0.4, 0.5) is 0 Å². The first-order chi connectivity index (χ1) is 11.9. The maximum atomic E-state index is 4.80. The Hall–Kier alpha value is -2.56. The summed E-state index contributed by atoms with van der Waals surface area (Å²) < 4.78 is 2.43. The van der Waals surface area contributed by atoms with Crippen LogP contribution >= 0.6 is 22.7 Å². The Morgan fingerprint density at radius 3 is 1.46 bits per heavy atom. The van der Waals surface area contributed by atoms with E-state index in [2.05, 4.69) is 36.4 Å². The van der Waals surface area contributed by atoms with Gasteiger partial charge in [-0.3, -0.25) is 0 Å². The first-order valence-electron chi connectivity index (χ1n) is 7.69. The Labute approximate surface area is 147 Å². The fourth-order valence-corrected chi connectivity index (χ4v) is 4.82. The number of hydrogen-bond acceptors (Lipinski definition) is 4. The Bertz CT molecular complexity index is 1000. The highest BCUT2D eigenvalue weighted by Crippen LogP contribution is 2.36. The van der Waals surface area contributed by atoms with Gasteiger partial charge in [-0.2, -0.15) is 0 Å². The molecule has 0 saturated carbocycles. The topological polar surface area (TPSA) is 25.8 Å². The molecule has 0 aliphatic carbocycles. The standard InChI is InChI=1S/C20H12N2S2/c1-3-7-13(8-4-1)19-21-15-11-16-18(12-17(15)23-19)24-20(22-16)14-9-5-2-6-10-14/h1-12H. The lowest BCUT2D eigenvalue weighted by molar-refractivity contribution is 1.46. The zero-order chi connectivity index (χ0) is 15.9. The maximum Gasteiger partial charge on any atom is 0.124 e. The highest BCUT2D eigenvalue weighted by molar-refractivity contribution is 7.23. The van der Waals surface area contributed by atoms with Gasteiger partial charge in [0.1, 0.15) is 10.0 Å². The van der Waals surface area contributed by atoms with Crippen LogP contribution in [0.2, 0.25) is 0 Å². The smallest absolute Gasteiger partial charge is 0.124 e. The number of rotatable bonds is 2. The molecule has 0 aliphatic heterocycles. The molecule has 0 amide bonds. The van der Waals surface area contributed by atoms with Crippen molar-refractivity contribution in [2.45, 2.75) is 0 Å². The lowest BCUT2D eigenvalue weighted by Crippen LogP contribution is -1.75. The van der Waals surface area contributed by atoms with E-state index in [9.17, 15) is 0 Å². The quantitative estimate of drug-likeness (QED) is 0.379. The van der Waals surface area contributed by atoms with Gasteiger partial charge in [0.15, 0.2) is 0 Å². The van der Waals surface area contributed by atoms with E-state index in [1.165, 1.54) is 20.5 Å². The van der Waals surface area contributed by atoms with Crippen LogP contribution < -0.4 is 0 Å². The SMILES string of the molecule is c1ccc(-c2nc3cc4nc(-c5ccccc5)sc4cc3s2)cc1. The summed E-state index contributed by atoms with van der Waals surface area (Å²) in [5.74, 6) is 0. The van der Waals surface area contributed by atoms with Gasteiger partial charge in [-0.25, -0.2) is 9.97 Å². The monoisotopic (exact) mass is 344 g/mol. The van der Waals surface area contributed by atoms with Crippen LogP contribution in [0, 0.1) is 0 Å². The van der Waals surface area contributed by atoms with Gasteiger partial charge in [0, 0.05) is 11.1 Å². The van der Waals surface area contributed by atoms with Gasteiger partial charge in [-0.1, -0.05) is 60.7 Å². The molecule has 0 spiro atoms. The first kappa shape index (κ1) is 13.8. The number of nitrogens with zero attached hydrogens (tertiary/aromatic N) is 2. The molecule has 3 aromatic carbocycles. The molecule has 0 N–H and O–H groups in total. The Morgan fingerprint density at radius 2 is 1.00 bits per heavy atom. The molecule has 0 bridgehead atoms. The zero-order valence-electron chi connectivity index (χ0n) is 12.6. The molecular weight excluding hydrogens is 332 g/mol. The molecule has 0 unspecified atom stereocenters. The second kappa shape index (κ2) is 5.51. The molecule has 5 rings (SSSR count). The number of thiazole rings is 2. The fraction of sp³-hybridized carbons (Fsp3) is 0. The molecule has 0 fully saturated rings. The third-order valence-corrected chi connectivity index (χ3v) is 6.07. The van der Waals surface area contributed by atoms with Crippen LogP contribution in [0.5, 0.6) is 0 Å². The minimum absolute atomic E-state index is 1.02. The molecule has 0 aliphatic rings. The van der Waals surface area contributed by atoms with Crippen molar-refractivity contribution in [3.05, 3.63) is 72.8 Å².